The van der Waals surface area contributed by atoms with Crippen molar-refractivity contribution in [1.82, 2.24) is 15.3 Å². The summed E-state index contributed by atoms with van der Waals surface area (Å²) in [5.41, 5.74) is 1.98. The smallest absolute Gasteiger partial charge is 0.335 e. The van der Waals surface area contributed by atoms with E-state index in [1.54, 1.807) is 24.4 Å². The number of nitrogens with one attached hydrogen (secondary N) is 2. The van der Waals surface area contributed by atoms with E-state index in [0.717, 1.165) is 36.5 Å². The second-order valence-electron chi connectivity index (χ2n) is 4.72. The van der Waals surface area contributed by atoms with Gasteiger partial charge in [-0.2, -0.15) is 0 Å². The second kappa shape index (κ2) is 4.85. The Bertz CT molecular complexity index is 600. The van der Waals surface area contributed by atoms with Crippen LogP contribution in [0.3, 0.4) is 0 Å². The van der Waals surface area contributed by atoms with Crippen LogP contribution in [0.4, 0.5) is 0 Å². The molecular weight excluding hydrogens is 242 g/mol. The molecule has 0 bridgehead atoms. The minimum Gasteiger partial charge on any atom is -0.478 e. The average Bonchev–Trinajstić information content (AvgIpc) is 3.09. The van der Waals surface area contributed by atoms with Crippen molar-refractivity contribution in [2.24, 2.45) is 0 Å². The molecular formula is C14H15N3O2. The third-order valence-corrected chi connectivity index (χ3v) is 3.41. The van der Waals surface area contributed by atoms with Gasteiger partial charge in [-0.1, -0.05) is 12.1 Å². The topological polar surface area (TPSA) is 78.0 Å². The van der Waals surface area contributed by atoms with Gasteiger partial charge in [0.05, 0.1) is 23.5 Å². The fraction of sp³-hybridized carbons (Fsp3) is 0.286. The minimum atomic E-state index is -0.918. The molecule has 2 heterocycles. The Labute approximate surface area is 110 Å². The van der Waals surface area contributed by atoms with Gasteiger partial charge in [0, 0.05) is 5.56 Å². The first-order valence-corrected chi connectivity index (χ1v) is 6.36. The van der Waals surface area contributed by atoms with Gasteiger partial charge < -0.3 is 15.4 Å². The van der Waals surface area contributed by atoms with Gasteiger partial charge in [0.15, 0.2) is 0 Å². The molecule has 19 heavy (non-hydrogen) atoms. The zero-order valence-corrected chi connectivity index (χ0v) is 10.4. The predicted molar refractivity (Wildman–Crippen MR) is 71.0 cm³/mol. The van der Waals surface area contributed by atoms with Crippen LogP contribution in [0.2, 0.25) is 0 Å². The summed E-state index contributed by atoms with van der Waals surface area (Å²) in [6.45, 7) is 1.02. The number of nitrogens with zero attached hydrogens (tertiary/aromatic N) is 1. The SMILES string of the molecule is O=C(O)c1cccc(-c2cnc([C@@H]3CCCN3)[nH]2)c1. The number of H-pyrrole nitrogens is 1. The van der Waals surface area contributed by atoms with Crippen molar-refractivity contribution in [3.8, 4) is 11.3 Å². The van der Waals surface area contributed by atoms with Gasteiger partial charge in [-0.3, -0.25) is 0 Å². The van der Waals surface area contributed by atoms with E-state index in [1.165, 1.54) is 0 Å². The molecule has 5 nitrogen and oxygen atoms in total. The lowest BCUT2D eigenvalue weighted by Crippen LogP contribution is -2.14. The molecule has 1 fully saturated rings. The Balaban J connectivity index is 1.89. The number of carboxylic acids is 1. The van der Waals surface area contributed by atoms with Gasteiger partial charge in [0.25, 0.3) is 0 Å². The Morgan fingerprint density at radius 1 is 1.42 bits per heavy atom. The Hall–Kier alpha value is -2.14. The van der Waals surface area contributed by atoms with E-state index in [0.29, 0.717) is 0 Å². The quantitative estimate of drug-likeness (QED) is 0.787. The molecule has 0 aliphatic carbocycles. The fourth-order valence-electron chi connectivity index (χ4n) is 2.40. The third kappa shape index (κ3) is 2.37. The molecule has 3 N–H and O–H groups in total. The van der Waals surface area contributed by atoms with Crippen LogP contribution in [-0.4, -0.2) is 27.6 Å². The van der Waals surface area contributed by atoms with Crippen LogP contribution in [-0.2, 0) is 0 Å². The lowest BCUT2D eigenvalue weighted by molar-refractivity contribution is 0.0697. The largest absolute Gasteiger partial charge is 0.478 e. The van der Waals surface area contributed by atoms with E-state index in [-0.39, 0.29) is 11.6 Å². The van der Waals surface area contributed by atoms with E-state index in [9.17, 15) is 4.79 Å². The fourth-order valence-corrected chi connectivity index (χ4v) is 2.40. The van der Waals surface area contributed by atoms with E-state index in [2.05, 4.69) is 15.3 Å². The van der Waals surface area contributed by atoms with Crippen molar-refractivity contribution >= 4 is 5.97 Å². The Morgan fingerprint density at radius 2 is 2.32 bits per heavy atom. The van der Waals surface area contributed by atoms with Gasteiger partial charge in [-0.25, -0.2) is 9.78 Å². The van der Waals surface area contributed by atoms with Gasteiger partial charge in [-0.15, -0.1) is 0 Å². The summed E-state index contributed by atoms with van der Waals surface area (Å²) in [4.78, 5) is 18.6. The van der Waals surface area contributed by atoms with Crippen molar-refractivity contribution in [1.29, 1.82) is 0 Å². The lowest BCUT2D eigenvalue weighted by Gasteiger charge is -2.05. The van der Waals surface area contributed by atoms with Crippen LogP contribution in [0.5, 0.6) is 0 Å². The molecule has 1 aromatic heterocycles. The maximum Gasteiger partial charge on any atom is 0.335 e. The minimum absolute atomic E-state index is 0.285. The molecule has 5 heteroatoms. The van der Waals surface area contributed by atoms with Crippen molar-refractivity contribution in [2.45, 2.75) is 18.9 Å². The van der Waals surface area contributed by atoms with Gasteiger partial charge >= 0.3 is 5.97 Å². The van der Waals surface area contributed by atoms with Gasteiger partial charge in [0.1, 0.15) is 5.82 Å². The predicted octanol–water partition coefficient (Wildman–Crippen LogP) is 2.20. The van der Waals surface area contributed by atoms with Gasteiger partial charge in [-0.05, 0) is 31.5 Å². The highest BCUT2D eigenvalue weighted by Gasteiger charge is 2.19. The monoisotopic (exact) mass is 257 g/mol. The number of aromatic carboxylic acids is 1. The first-order chi connectivity index (χ1) is 9.24. The molecule has 0 spiro atoms. The van der Waals surface area contributed by atoms with Crippen LogP contribution < -0.4 is 5.32 Å². The highest BCUT2D eigenvalue weighted by atomic mass is 16.4. The van der Waals surface area contributed by atoms with Crippen LogP contribution in [0.15, 0.2) is 30.5 Å². The van der Waals surface area contributed by atoms with Crippen LogP contribution in [0.1, 0.15) is 35.1 Å². The number of aromatic amines is 1. The number of carbonyl (C=O) groups is 1. The number of benzene rings is 1. The highest BCUT2D eigenvalue weighted by molar-refractivity contribution is 5.89. The summed E-state index contributed by atoms with van der Waals surface area (Å²) in [5, 5.41) is 12.4. The zero-order valence-electron chi connectivity index (χ0n) is 10.4. The van der Waals surface area contributed by atoms with E-state index in [4.69, 9.17) is 5.11 Å². The summed E-state index contributed by atoms with van der Waals surface area (Å²) >= 11 is 0. The number of imidazole rings is 1. The summed E-state index contributed by atoms with van der Waals surface area (Å²) in [6.07, 6.45) is 4.01. The molecule has 3 rings (SSSR count). The maximum atomic E-state index is 11.0. The van der Waals surface area contributed by atoms with Crippen molar-refractivity contribution in [3.05, 3.63) is 41.9 Å². The Morgan fingerprint density at radius 3 is 3.05 bits per heavy atom. The third-order valence-electron chi connectivity index (χ3n) is 3.41. The van der Waals surface area contributed by atoms with Crippen molar-refractivity contribution in [3.63, 3.8) is 0 Å². The lowest BCUT2D eigenvalue weighted by atomic mass is 10.1. The summed E-state index contributed by atoms with van der Waals surface area (Å²) in [6, 6.07) is 7.15. The maximum absolute atomic E-state index is 11.0. The second-order valence-corrected chi connectivity index (χ2v) is 4.72. The molecule has 2 aromatic rings. The van der Waals surface area contributed by atoms with Gasteiger partial charge in [0.2, 0.25) is 0 Å². The number of hydrogen-bond donors (Lipinski definition) is 3. The normalized spacial score (nSPS) is 18.6. The molecule has 0 radical (unpaired) electrons. The standard InChI is InChI=1S/C14H15N3O2/c18-14(19)10-4-1-3-9(7-10)12-8-16-13(17-12)11-5-2-6-15-11/h1,3-4,7-8,11,15H,2,5-6H2,(H,16,17)(H,18,19)/t11-/m0/s1. The number of rotatable bonds is 3. The number of hydrogen-bond acceptors (Lipinski definition) is 3. The molecule has 1 aromatic carbocycles. The first-order valence-electron chi connectivity index (χ1n) is 6.36. The summed E-state index contributed by atoms with van der Waals surface area (Å²) < 4.78 is 0. The van der Waals surface area contributed by atoms with Crippen molar-refractivity contribution < 1.29 is 9.90 Å². The molecule has 0 unspecified atom stereocenters. The highest BCUT2D eigenvalue weighted by Crippen LogP contribution is 2.24. The van der Waals surface area contributed by atoms with Crippen LogP contribution in [0, 0.1) is 0 Å². The van der Waals surface area contributed by atoms with Crippen LogP contribution >= 0.6 is 0 Å². The Kier molecular flexibility index (Phi) is 3.05. The first kappa shape index (κ1) is 11.9. The summed E-state index contributed by atoms with van der Waals surface area (Å²) in [5.74, 6) is 0.00674. The molecule has 0 saturated carbocycles. The summed E-state index contributed by atoms with van der Waals surface area (Å²) in [7, 11) is 0. The zero-order chi connectivity index (χ0) is 13.2. The number of carboxylic acid groups (broad SMARTS) is 1. The molecule has 1 saturated heterocycles. The molecule has 1 atom stereocenters. The molecule has 1 aliphatic heterocycles. The number of aromatic nitrogens is 2. The molecule has 98 valence electrons. The molecule has 0 amide bonds. The molecule has 1 aliphatic rings. The van der Waals surface area contributed by atoms with E-state index >= 15 is 0 Å². The average molecular weight is 257 g/mol. The van der Waals surface area contributed by atoms with E-state index < -0.39 is 5.97 Å². The van der Waals surface area contributed by atoms with Crippen molar-refractivity contribution in [2.75, 3.05) is 6.54 Å². The van der Waals surface area contributed by atoms with E-state index in [1.807, 2.05) is 6.07 Å². The van der Waals surface area contributed by atoms with Crippen LogP contribution in [0.25, 0.3) is 11.3 Å².